The molecule has 0 N–H and O–H groups in total. The van der Waals surface area contributed by atoms with Crippen molar-refractivity contribution in [3.63, 3.8) is 0 Å². The number of thioether (sulfide) groups is 1. The van der Waals surface area contributed by atoms with Crippen LogP contribution >= 0.6 is 46.6 Å². The molecule has 208 valence electrons. The first kappa shape index (κ1) is 29.7. The summed E-state index contributed by atoms with van der Waals surface area (Å²) in [4.78, 5) is 50.6. The van der Waals surface area contributed by atoms with Crippen LogP contribution in [-0.4, -0.2) is 53.4 Å². The summed E-state index contributed by atoms with van der Waals surface area (Å²) in [6.07, 6.45) is -2.39. The van der Waals surface area contributed by atoms with Crippen molar-refractivity contribution < 1.29 is 38.1 Å². The number of hydrogen-bond donors (Lipinski definition) is 0. The molecule has 0 spiro atoms. The summed E-state index contributed by atoms with van der Waals surface area (Å²) in [5.74, 6) is -2.80. The Hall–Kier alpha value is -3.24. The molecular weight excluding hydrogens is 603 g/mol. The minimum absolute atomic E-state index is 0.177. The lowest BCUT2D eigenvalue weighted by atomic mass is 10.1. The minimum Gasteiger partial charge on any atom is -0.461 e. The molecule has 8 nitrogen and oxygen atoms in total. The van der Waals surface area contributed by atoms with Crippen molar-refractivity contribution in [2.45, 2.75) is 29.8 Å². The Labute approximate surface area is 248 Å². The zero-order valence-electron chi connectivity index (χ0n) is 20.8. The van der Waals surface area contributed by atoms with E-state index in [9.17, 15) is 19.2 Å². The van der Waals surface area contributed by atoms with Crippen LogP contribution in [0.3, 0.4) is 0 Å². The van der Waals surface area contributed by atoms with E-state index in [2.05, 4.69) is 0 Å². The molecule has 3 aromatic carbocycles. The van der Waals surface area contributed by atoms with E-state index in [-0.39, 0.29) is 23.3 Å². The topological polar surface area (TPSA) is 105 Å². The number of esters is 4. The Bertz CT molecular complexity index is 1380. The second kappa shape index (κ2) is 13.4. The van der Waals surface area contributed by atoms with Crippen LogP contribution < -0.4 is 0 Å². The van der Waals surface area contributed by atoms with Crippen LogP contribution in [0.1, 0.15) is 38.0 Å². The molecule has 1 saturated heterocycles. The molecule has 0 radical (unpaired) electrons. The second-order valence-corrected chi connectivity index (χ2v) is 11.2. The second-order valence-electron chi connectivity index (χ2n) is 8.51. The van der Waals surface area contributed by atoms with E-state index < -0.39 is 46.8 Å². The van der Waals surface area contributed by atoms with E-state index >= 15 is 0 Å². The maximum Gasteiger partial charge on any atom is 0.338 e. The van der Waals surface area contributed by atoms with Crippen molar-refractivity contribution in [2.75, 3.05) is 6.61 Å². The fourth-order valence-corrected chi connectivity index (χ4v) is 5.52. The Balaban J connectivity index is 1.59. The normalized spacial score (nSPS) is 19.9. The zero-order chi connectivity index (χ0) is 28.8. The van der Waals surface area contributed by atoms with Gasteiger partial charge in [0.1, 0.15) is 6.61 Å². The van der Waals surface area contributed by atoms with Gasteiger partial charge in [0.05, 0.1) is 21.9 Å². The van der Waals surface area contributed by atoms with Gasteiger partial charge in [0, 0.05) is 22.0 Å². The van der Waals surface area contributed by atoms with Crippen LogP contribution in [0.5, 0.6) is 0 Å². The van der Waals surface area contributed by atoms with Crippen LogP contribution in [0.15, 0.2) is 72.8 Å². The van der Waals surface area contributed by atoms with Gasteiger partial charge in [-0.1, -0.05) is 34.8 Å². The van der Waals surface area contributed by atoms with Crippen molar-refractivity contribution in [3.05, 3.63) is 105 Å². The van der Waals surface area contributed by atoms with Crippen molar-refractivity contribution in [1.29, 1.82) is 0 Å². The van der Waals surface area contributed by atoms with Gasteiger partial charge in [-0.15, -0.1) is 11.8 Å². The van der Waals surface area contributed by atoms with Crippen LogP contribution in [0.25, 0.3) is 0 Å². The Morgan fingerprint density at radius 2 is 1.02 bits per heavy atom. The smallest absolute Gasteiger partial charge is 0.338 e. The minimum atomic E-state index is -1.23. The maximum absolute atomic E-state index is 13.1. The molecule has 1 aliphatic heterocycles. The molecule has 0 bridgehead atoms. The molecule has 0 aromatic heterocycles. The van der Waals surface area contributed by atoms with Crippen molar-refractivity contribution >= 4 is 70.4 Å². The molecule has 0 saturated carbocycles. The standard InChI is InChI=1S/C28H21Cl3O8S/c1-15(32)37-28-24(39-27(35)18-6-12-21(31)13-7-18)23(38-26(34)17-4-10-20(30)11-5-17)22(40-28)14-36-25(33)16-2-8-19(29)9-3-16/h2-13,22-24,28H,14H2,1H3/t22-,23+,24+,28?/m1/s1. The summed E-state index contributed by atoms with van der Waals surface area (Å²) >= 11 is 18.8. The summed E-state index contributed by atoms with van der Waals surface area (Å²) in [7, 11) is 0. The highest BCUT2D eigenvalue weighted by Gasteiger charge is 2.51. The monoisotopic (exact) mass is 622 g/mol. The van der Waals surface area contributed by atoms with Crippen molar-refractivity contribution in [1.82, 2.24) is 0 Å². The first-order valence-corrected chi connectivity index (χ1v) is 13.9. The van der Waals surface area contributed by atoms with Crippen LogP contribution in [0, 0.1) is 0 Å². The third kappa shape index (κ3) is 7.69. The van der Waals surface area contributed by atoms with E-state index in [0.717, 1.165) is 11.8 Å². The number of halogens is 3. The third-order valence-electron chi connectivity index (χ3n) is 5.65. The highest BCUT2D eigenvalue weighted by Crippen LogP contribution is 2.40. The average molecular weight is 624 g/mol. The third-order valence-corrected chi connectivity index (χ3v) is 7.80. The first-order chi connectivity index (χ1) is 19.1. The van der Waals surface area contributed by atoms with Gasteiger partial charge in [0.2, 0.25) is 0 Å². The highest BCUT2D eigenvalue weighted by atomic mass is 35.5. The van der Waals surface area contributed by atoms with Gasteiger partial charge in [-0.25, -0.2) is 14.4 Å². The Morgan fingerprint density at radius 3 is 1.45 bits per heavy atom. The molecule has 1 unspecified atom stereocenters. The molecule has 3 aromatic rings. The van der Waals surface area contributed by atoms with E-state index in [1.54, 1.807) is 12.1 Å². The predicted octanol–water partition coefficient (Wildman–Crippen LogP) is 6.26. The van der Waals surface area contributed by atoms with E-state index in [0.29, 0.717) is 15.1 Å². The van der Waals surface area contributed by atoms with Crippen LogP contribution in [-0.2, 0) is 23.7 Å². The van der Waals surface area contributed by atoms with E-state index in [1.165, 1.54) is 67.6 Å². The molecule has 1 fully saturated rings. The quantitative estimate of drug-likeness (QED) is 0.212. The lowest BCUT2D eigenvalue weighted by molar-refractivity contribution is -0.148. The van der Waals surface area contributed by atoms with E-state index in [4.69, 9.17) is 53.8 Å². The fraction of sp³-hybridized carbons (Fsp3) is 0.214. The molecule has 0 amide bonds. The SMILES string of the molecule is CC(=O)OC1S[C@H](COC(=O)c2ccc(Cl)cc2)[C@H](OC(=O)c2ccc(Cl)cc2)[C@@H]1OC(=O)c1ccc(Cl)cc1. The number of carbonyl (C=O) groups is 4. The molecular formula is C28H21Cl3O8S. The number of ether oxygens (including phenoxy) is 4. The lowest BCUT2D eigenvalue weighted by Crippen LogP contribution is -2.42. The summed E-state index contributed by atoms with van der Waals surface area (Å²) in [6, 6.07) is 18.0. The highest BCUT2D eigenvalue weighted by molar-refractivity contribution is 8.00. The van der Waals surface area contributed by atoms with Gasteiger partial charge in [-0.2, -0.15) is 0 Å². The lowest BCUT2D eigenvalue weighted by Gasteiger charge is -2.25. The molecule has 1 heterocycles. The molecule has 0 aliphatic carbocycles. The average Bonchev–Trinajstić information content (AvgIpc) is 3.22. The summed E-state index contributed by atoms with van der Waals surface area (Å²) in [5, 5.41) is 0.527. The number of carbonyl (C=O) groups excluding carboxylic acids is 4. The Morgan fingerprint density at radius 1 is 0.625 bits per heavy atom. The van der Waals surface area contributed by atoms with Crippen LogP contribution in [0.2, 0.25) is 15.1 Å². The largest absolute Gasteiger partial charge is 0.461 e. The van der Waals surface area contributed by atoms with Gasteiger partial charge in [-0.3, -0.25) is 4.79 Å². The number of rotatable bonds is 8. The van der Waals surface area contributed by atoms with Crippen molar-refractivity contribution in [2.24, 2.45) is 0 Å². The molecule has 4 rings (SSSR count). The van der Waals surface area contributed by atoms with Crippen molar-refractivity contribution in [3.8, 4) is 0 Å². The number of benzene rings is 3. The van der Waals surface area contributed by atoms with Gasteiger partial charge >= 0.3 is 23.9 Å². The first-order valence-electron chi connectivity index (χ1n) is 11.8. The van der Waals surface area contributed by atoms with Crippen LogP contribution in [0.4, 0.5) is 0 Å². The van der Waals surface area contributed by atoms with Gasteiger partial charge in [0.15, 0.2) is 17.6 Å². The fourth-order valence-electron chi connectivity index (χ4n) is 3.73. The molecule has 40 heavy (non-hydrogen) atoms. The molecule has 1 aliphatic rings. The van der Waals surface area contributed by atoms with E-state index in [1.807, 2.05) is 0 Å². The van der Waals surface area contributed by atoms with Gasteiger partial charge in [0.25, 0.3) is 0 Å². The summed E-state index contributed by atoms with van der Waals surface area (Å²) < 4.78 is 22.4. The van der Waals surface area contributed by atoms with Gasteiger partial charge < -0.3 is 18.9 Å². The molecule has 4 atom stereocenters. The maximum atomic E-state index is 13.1. The summed E-state index contributed by atoms with van der Waals surface area (Å²) in [5.41, 5.74) is -0.443. The summed E-state index contributed by atoms with van der Waals surface area (Å²) in [6.45, 7) is 0.943. The Kier molecular flexibility index (Phi) is 9.97. The predicted molar refractivity (Wildman–Crippen MR) is 150 cm³/mol. The zero-order valence-corrected chi connectivity index (χ0v) is 23.8. The van der Waals surface area contributed by atoms with Gasteiger partial charge in [-0.05, 0) is 72.8 Å². The molecule has 12 heteroatoms. The number of hydrogen-bond acceptors (Lipinski definition) is 9.